The van der Waals surface area contributed by atoms with Gasteiger partial charge in [-0.3, -0.25) is 0 Å². The highest BCUT2D eigenvalue weighted by molar-refractivity contribution is 14.1. The van der Waals surface area contributed by atoms with E-state index in [-0.39, 0.29) is 5.56 Å². The summed E-state index contributed by atoms with van der Waals surface area (Å²) in [7, 11) is 0. The van der Waals surface area contributed by atoms with E-state index in [9.17, 15) is 13.2 Å². The summed E-state index contributed by atoms with van der Waals surface area (Å²) in [6.07, 6.45) is 0. The highest BCUT2D eigenvalue weighted by Crippen LogP contribution is 2.27. The van der Waals surface area contributed by atoms with Gasteiger partial charge in [0.05, 0.1) is 6.04 Å². The maximum absolute atomic E-state index is 13.6. The molecule has 0 radical (unpaired) electrons. The highest BCUT2D eigenvalue weighted by atomic mass is 127. The Morgan fingerprint density at radius 1 is 0.889 bits per heavy atom. The van der Waals surface area contributed by atoms with Crippen molar-refractivity contribution in [2.45, 2.75) is 6.04 Å². The Kier molecular flexibility index (Phi) is 3.91. The lowest BCUT2D eigenvalue weighted by molar-refractivity contribution is 0.438. The molecular weight excluding hydrogens is 354 g/mol. The normalized spacial score (nSPS) is 12.5. The third-order valence-electron chi connectivity index (χ3n) is 2.64. The van der Waals surface area contributed by atoms with Gasteiger partial charge in [-0.2, -0.15) is 0 Å². The summed E-state index contributed by atoms with van der Waals surface area (Å²) in [5.41, 5.74) is 6.52. The van der Waals surface area contributed by atoms with Crippen LogP contribution in [0.25, 0.3) is 0 Å². The van der Waals surface area contributed by atoms with E-state index >= 15 is 0 Å². The van der Waals surface area contributed by atoms with Crippen LogP contribution in [0.15, 0.2) is 36.4 Å². The first-order valence-electron chi connectivity index (χ1n) is 5.15. The molecule has 0 aliphatic heterocycles. The number of nitrogens with two attached hydrogens (primary N) is 1. The average molecular weight is 363 g/mol. The van der Waals surface area contributed by atoms with E-state index in [0.29, 0.717) is 5.56 Å². The van der Waals surface area contributed by atoms with Crippen molar-refractivity contribution < 1.29 is 13.2 Å². The molecule has 0 saturated heterocycles. The van der Waals surface area contributed by atoms with Gasteiger partial charge >= 0.3 is 0 Å². The van der Waals surface area contributed by atoms with E-state index in [1.54, 1.807) is 12.1 Å². The molecule has 2 aromatic carbocycles. The summed E-state index contributed by atoms with van der Waals surface area (Å²) in [6.45, 7) is 0. The number of hydrogen-bond donors (Lipinski definition) is 1. The fourth-order valence-corrected chi connectivity index (χ4v) is 2.40. The van der Waals surface area contributed by atoms with Crippen molar-refractivity contribution in [3.63, 3.8) is 0 Å². The Morgan fingerprint density at radius 3 is 2.22 bits per heavy atom. The molecule has 5 heteroatoms. The van der Waals surface area contributed by atoms with Gasteiger partial charge in [0.1, 0.15) is 0 Å². The molecule has 0 amide bonds. The van der Waals surface area contributed by atoms with Crippen LogP contribution in [-0.4, -0.2) is 0 Å². The molecule has 0 spiro atoms. The molecule has 0 saturated carbocycles. The van der Waals surface area contributed by atoms with Crippen molar-refractivity contribution in [3.05, 3.63) is 68.5 Å². The van der Waals surface area contributed by atoms with E-state index < -0.39 is 23.5 Å². The van der Waals surface area contributed by atoms with Crippen molar-refractivity contribution in [1.82, 2.24) is 0 Å². The Morgan fingerprint density at radius 2 is 1.56 bits per heavy atom. The molecule has 0 fully saturated rings. The Hall–Kier alpha value is -1.08. The third-order valence-corrected chi connectivity index (χ3v) is 3.62. The van der Waals surface area contributed by atoms with Crippen LogP contribution in [0.2, 0.25) is 0 Å². The lowest BCUT2D eigenvalue weighted by atomic mass is 9.99. The van der Waals surface area contributed by atoms with Crippen LogP contribution in [0.5, 0.6) is 0 Å². The topological polar surface area (TPSA) is 26.0 Å². The molecule has 0 bridgehead atoms. The van der Waals surface area contributed by atoms with Gasteiger partial charge in [0.25, 0.3) is 0 Å². The van der Waals surface area contributed by atoms with Gasteiger partial charge in [0, 0.05) is 9.13 Å². The summed E-state index contributed by atoms with van der Waals surface area (Å²) in [5, 5.41) is 0. The molecule has 94 valence electrons. The SMILES string of the molecule is NC(c1ccccc1I)c1ccc(F)c(F)c1F. The summed E-state index contributed by atoms with van der Waals surface area (Å²) in [6, 6.07) is 8.34. The minimum atomic E-state index is -1.49. The first-order chi connectivity index (χ1) is 8.52. The summed E-state index contributed by atoms with van der Waals surface area (Å²) in [4.78, 5) is 0. The van der Waals surface area contributed by atoms with Crippen molar-refractivity contribution in [2.24, 2.45) is 5.73 Å². The molecule has 1 nitrogen and oxygen atoms in total. The average Bonchev–Trinajstić information content (AvgIpc) is 2.36. The Balaban J connectivity index is 2.50. The van der Waals surface area contributed by atoms with Gasteiger partial charge in [-0.05, 0) is 40.3 Å². The molecule has 0 aromatic heterocycles. The predicted molar refractivity (Wildman–Crippen MR) is 71.5 cm³/mol. The number of halogens is 4. The van der Waals surface area contributed by atoms with Crippen LogP contribution in [0, 0.1) is 21.0 Å². The monoisotopic (exact) mass is 363 g/mol. The van der Waals surface area contributed by atoms with Gasteiger partial charge in [-0.25, -0.2) is 13.2 Å². The Labute approximate surface area is 116 Å². The second-order valence-electron chi connectivity index (χ2n) is 3.76. The van der Waals surface area contributed by atoms with Crippen LogP contribution in [0.3, 0.4) is 0 Å². The molecule has 1 unspecified atom stereocenters. The molecule has 1 atom stereocenters. The lowest BCUT2D eigenvalue weighted by Crippen LogP contribution is -2.16. The molecule has 2 rings (SSSR count). The Bertz CT molecular complexity index is 586. The largest absolute Gasteiger partial charge is 0.320 e. The third kappa shape index (κ3) is 2.37. The van der Waals surface area contributed by atoms with Crippen molar-refractivity contribution >= 4 is 22.6 Å². The number of benzene rings is 2. The molecule has 18 heavy (non-hydrogen) atoms. The maximum atomic E-state index is 13.6. The van der Waals surface area contributed by atoms with E-state index in [4.69, 9.17) is 5.73 Å². The number of hydrogen-bond acceptors (Lipinski definition) is 1. The molecule has 0 aliphatic rings. The molecule has 0 aliphatic carbocycles. The van der Waals surface area contributed by atoms with Gasteiger partial charge in [0.15, 0.2) is 17.5 Å². The minimum absolute atomic E-state index is 0.0574. The smallest absolute Gasteiger partial charge is 0.194 e. The van der Waals surface area contributed by atoms with Crippen LogP contribution in [0.1, 0.15) is 17.2 Å². The predicted octanol–water partition coefficient (Wildman–Crippen LogP) is 3.76. The minimum Gasteiger partial charge on any atom is -0.320 e. The van der Waals surface area contributed by atoms with Crippen LogP contribution >= 0.6 is 22.6 Å². The highest BCUT2D eigenvalue weighted by Gasteiger charge is 2.20. The van der Waals surface area contributed by atoms with Gasteiger partial charge < -0.3 is 5.73 Å². The second kappa shape index (κ2) is 5.27. The van der Waals surface area contributed by atoms with Crippen LogP contribution in [0.4, 0.5) is 13.2 Å². The van der Waals surface area contributed by atoms with E-state index in [1.165, 1.54) is 6.07 Å². The molecule has 2 aromatic rings. The molecule has 2 N–H and O–H groups in total. The molecular formula is C13H9F3IN. The zero-order chi connectivity index (χ0) is 13.3. The van der Waals surface area contributed by atoms with E-state index in [2.05, 4.69) is 22.6 Å². The van der Waals surface area contributed by atoms with Gasteiger partial charge in [0.2, 0.25) is 0 Å². The fraction of sp³-hybridized carbons (Fsp3) is 0.0769. The summed E-state index contributed by atoms with van der Waals surface area (Å²) < 4.78 is 40.5. The summed E-state index contributed by atoms with van der Waals surface area (Å²) in [5.74, 6) is -3.94. The quantitative estimate of drug-likeness (QED) is 0.638. The van der Waals surface area contributed by atoms with Crippen molar-refractivity contribution in [1.29, 1.82) is 0 Å². The van der Waals surface area contributed by atoms with E-state index in [0.717, 1.165) is 9.64 Å². The zero-order valence-corrected chi connectivity index (χ0v) is 11.3. The first kappa shape index (κ1) is 13.4. The molecule has 0 heterocycles. The van der Waals surface area contributed by atoms with Crippen LogP contribution < -0.4 is 5.73 Å². The van der Waals surface area contributed by atoms with Crippen molar-refractivity contribution in [2.75, 3.05) is 0 Å². The zero-order valence-electron chi connectivity index (χ0n) is 9.13. The second-order valence-corrected chi connectivity index (χ2v) is 4.93. The fourth-order valence-electron chi connectivity index (χ4n) is 1.68. The first-order valence-corrected chi connectivity index (χ1v) is 6.23. The maximum Gasteiger partial charge on any atom is 0.194 e. The van der Waals surface area contributed by atoms with Gasteiger partial charge in [-0.15, -0.1) is 0 Å². The van der Waals surface area contributed by atoms with Gasteiger partial charge in [-0.1, -0.05) is 24.3 Å². The lowest BCUT2D eigenvalue weighted by Gasteiger charge is -2.15. The summed E-state index contributed by atoms with van der Waals surface area (Å²) >= 11 is 2.06. The van der Waals surface area contributed by atoms with E-state index in [1.807, 2.05) is 12.1 Å². The van der Waals surface area contributed by atoms with Crippen molar-refractivity contribution in [3.8, 4) is 0 Å². The standard InChI is InChI=1S/C13H9F3IN/c14-9-6-5-8(11(15)12(9)16)13(18)7-3-1-2-4-10(7)17/h1-6,13H,18H2. The number of rotatable bonds is 2. The van der Waals surface area contributed by atoms with Crippen LogP contribution in [-0.2, 0) is 0 Å².